The van der Waals surface area contributed by atoms with Crippen molar-refractivity contribution in [3.05, 3.63) is 0 Å². The van der Waals surface area contributed by atoms with Gasteiger partial charge in [-0.3, -0.25) is 4.79 Å². The first-order valence-corrected chi connectivity index (χ1v) is 7.71. The maximum atomic E-state index is 12.9. The molecule has 0 aromatic rings. The average molecular weight is 284 g/mol. The van der Waals surface area contributed by atoms with E-state index in [4.69, 9.17) is 10.5 Å². The third-order valence-corrected chi connectivity index (χ3v) is 5.33. The van der Waals surface area contributed by atoms with Gasteiger partial charge in [0.05, 0.1) is 12.7 Å². The van der Waals surface area contributed by atoms with E-state index in [-0.39, 0.29) is 30.1 Å². The molecule has 0 saturated heterocycles. The zero-order chi connectivity index (χ0) is 15.0. The van der Waals surface area contributed by atoms with Gasteiger partial charge in [-0.1, -0.05) is 13.8 Å². The molecule has 0 radical (unpaired) electrons. The fourth-order valence-electron chi connectivity index (χ4n) is 3.31. The summed E-state index contributed by atoms with van der Waals surface area (Å²) in [6.45, 7) is 6.99. The molecule has 0 aliphatic heterocycles. The van der Waals surface area contributed by atoms with Gasteiger partial charge in [-0.2, -0.15) is 0 Å². The fourth-order valence-corrected chi connectivity index (χ4v) is 3.31. The average Bonchev–Trinajstić information content (AvgIpc) is 2.34. The van der Waals surface area contributed by atoms with Gasteiger partial charge in [-0.15, -0.1) is 0 Å². The number of hydrogen-bond acceptors (Lipinski definition) is 4. The first-order chi connectivity index (χ1) is 9.38. The van der Waals surface area contributed by atoms with Crippen molar-refractivity contribution in [1.82, 2.24) is 4.90 Å². The third kappa shape index (κ3) is 2.26. The van der Waals surface area contributed by atoms with E-state index >= 15 is 0 Å². The van der Waals surface area contributed by atoms with Crippen LogP contribution in [-0.2, 0) is 9.53 Å². The number of nitrogens with zero attached hydrogens (tertiary/aromatic N) is 1. The number of aliphatic hydroxyl groups excluding tert-OH is 1. The van der Waals surface area contributed by atoms with E-state index < -0.39 is 5.54 Å². The molecule has 20 heavy (non-hydrogen) atoms. The molecule has 0 aromatic carbocycles. The van der Waals surface area contributed by atoms with Gasteiger partial charge in [0, 0.05) is 31.0 Å². The standard InChI is InChI=1S/C15H28N2O3/c1-4-20-12-10-15(16,14(12,2)3)13(19)17(8-9-18)11-6-5-7-11/h11-12,18H,4-10,16H2,1-3H3. The molecular formula is C15H28N2O3. The molecule has 2 unspecified atom stereocenters. The summed E-state index contributed by atoms with van der Waals surface area (Å²) in [5.41, 5.74) is 5.21. The van der Waals surface area contributed by atoms with Crippen LogP contribution < -0.4 is 5.73 Å². The van der Waals surface area contributed by atoms with Gasteiger partial charge in [-0.05, 0) is 26.2 Å². The van der Waals surface area contributed by atoms with Crippen LogP contribution in [-0.4, -0.2) is 53.4 Å². The summed E-state index contributed by atoms with van der Waals surface area (Å²) in [6, 6.07) is 0.261. The maximum Gasteiger partial charge on any atom is 0.243 e. The van der Waals surface area contributed by atoms with E-state index in [0.29, 0.717) is 19.6 Å². The fraction of sp³-hybridized carbons (Fsp3) is 0.933. The summed E-state index contributed by atoms with van der Waals surface area (Å²) in [5, 5.41) is 9.22. The first kappa shape index (κ1) is 15.7. The Balaban J connectivity index is 2.10. The Kier molecular flexibility index (Phi) is 4.42. The van der Waals surface area contributed by atoms with Crippen LogP contribution in [0.2, 0.25) is 0 Å². The number of rotatable bonds is 6. The lowest BCUT2D eigenvalue weighted by Gasteiger charge is -2.59. The van der Waals surface area contributed by atoms with Gasteiger partial charge in [-0.25, -0.2) is 0 Å². The zero-order valence-electron chi connectivity index (χ0n) is 12.9. The van der Waals surface area contributed by atoms with Crippen molar-refractivity contribution in [3.8, 4) is 0 Å². The van der Waals surface area contributed by atoms with Crippen molar-refractivity contribution in [1.29, 1.82) is 0 Å². The predicted octanol–water partition coefficient (Wildman–Crippen LogP) is 0.892. The molecule has 1 amide bonds. The van der Waals surface area contributed by atoms with E-state index in [1.54, 1.807) is 4.90 Å². The molecule has 2 saturated carbocycles. The topological polar surface area (TPSA) is 75.8 Å². The molecule has 3 N–H and O–H groups in total. The van der Waals surface area contributed by atoms with E-state index in [1.807, 2.05) is 20.8 Å². The lowest BCUT2D eigenvalue weighted by molar-refractivity contribution is -0.182. The van der Waals surface area contributed by atoms with E-state index in [0.717, 1.165) is 19.3 Å². The number of ether oxygens (including phenoxy) is 1. The Morgan fingerprint density at radius 1 is 1.45 bits per heavy atom. The van der Waals surface area contributed by atoms with Crippen LogP contribution in [0.15, 0.2) is 0 Å². The van der Waals surface area contributed by atoms with Crippen LogP contribution in [0.3, 0.4) is 0 Å². The molecule has 5 nitrogen and oxygen atoms in total. The normalized spacial score (nSPS) is 32.4. The smallest absolute Gasteiger partial charge is 0.243 e. The number of aliphatic hydroxyl groups is 1. The molecule has 116 valence electrons. The minimum Gasteiger partial charge on any atom is -0.395 e. The second-order valence-corrected chi connectivity index (χ2v) is 6.65. The highest BCUT2D eigenvalue weighted by Gasteiger charge is 2.64. The van der Waals surface area contributed by atoms with Crippen molar-refractivity contribution in [3.63, 3.8) is 0 Å². The van der Waals surface area contributed by atoms with E-state index in [2.05, 4.69) is 0 Å². The van der Waals surface area contributed by atoms with Crippen LogP contribution in [0.5, 0.6) is 0 Å². The van der Waals surface area contributed by atoms with Crippen LogP contribution in [0.25, 0.3) is 0 Å². The lowest BCUT2D eigenvalue weighted by atomic mass is 9.54. The molecule has 2 atom stereocenters. The molecule has 2 aliphatic rings. The summed E-state index contributed by atoms with van der Waals surface area (Å²) >= 11 is 0. The summed E-state index contributed by atoms with van der Waals surface area (Å²) in [6.07, 6.45) is 3.82. The third-order valence-electron chi connectivity index (χ3n) is 5.33. The highest BCUT2D eigenvalue weighted by molar-refractivity contribution is 5.89. The second-order valence-electron chi connectivity index (χ2n) is 6.65. The van der Waals surface area contributed by atoms with E-state index in [1.165, 1.54) is 0 Å². The van der Waals surface area contributed by atoms with Crippen LogP contribution in [0, 0.1) is 5.41 Å². The number of nitrogens with two attached hydrogens (primary N) is 1. The quantitative estimate of drug-likeness (QED) is 0.759. The minimum atomic E-state index is -0.863. The molecule has 2 fully saturated rings. The van der Waals surface area contributed by atoms with Gasteiger partial charge in [0.15, 0.2) is 0 Å². The molecule has 5 heteroatoms. The summed E-state index contributed by atoms with van der Waals surface area (Å²) < 4.78 is 5.68. The van der Waals surface area contributed by atoms with Crippen LogP contribution >= 0.6 is 0 Å². The number of carbonyl (C=O) groups is 1. The first-order valence-electron chi connectivity index (χ1n) is 7.71. The molecule has 0 aromatic heterocycles. The van der Waals surface area contributed by atoms with Crippen molar-refractivity contribution < 1.29 is 14.6 Å². The Morgan fingerprint density at radius 2 is 2.10 bits per heavy atom. The summed E-state index contributed by atoms with van der Waals surface area (Å²) in [4.78, 5) is 14.7. The number of amides is 1. The lowest BCUT2D eigenvalue weighted by Crippen LogP contribution is -2.76. The minimum absolute atomic E-state index is 0.00631. The molecular weight excluding hydrogens is 256 g/mol. The van der Waals surface area contributed by atoms with Gasteiger partial charge < -0.3 is 20.5 Å². The summed E-state index contributed by atoms with van der Waals surface area (Å²) in [7, 11) is 0. The van der Waals surface area contributed by atoms with Gasteiger partial charge in [0.2, 0.25) is 5.91 Å². The van der Waals surface area contributed by atoms with Gasteiger partial charge >= 0.3 is 0 Å². The molecule has 0 spiro atoms. The monoisotopic (exact) mass is 284 g/mol. The Bertz CT molecular complexity index is 368. The molecule has 2 aliphatic carbocycles. The van der Waals surface area contributed by atoms with Crippen molar-refractivity contribution in [2.75, 3.05) is 19.8 Å². The Morgan fingerprint density at radius 3 is 2.50 bits per heavy atom. The molecule has 0 heterocycles. The zero-order valence-corrected chi connectivity index (χ0v) is 12.9. The van der Waals surface area contributed by atoms with E-state index in [9.17, 15) is 9.90 Å². The van der Waals surface area contributed by atoms with Crippen LogP contribution in [0.1, 0.15) is 46.5 Å². The summed E-state index contributed by atoms with van der Waals surface area (Å²) in [5.74, 6) is -0.0165. The highest BCUT2D eigenvalue weighted by atomic mass is 16.5. The van der Waals surface area contributed by atoms with Gasteiger partial charge in [0.25, 0.3) is 0 Å². The number of carbonyl (C=O) groups excluding carboxylic acids is 1. The SMILES string of the molecule is CCOC1CC(N)(C(=O)N(CCO)C2CCC2)C1(C)C. The van der Waals surface area contributed by atoms with Crippen molar-refractivity contribution >= 4 is 5.91 Å². The predicted molar refractivity (Wildman–Crippen MR) is 77.2 cm³/mol. The largest absolute Gasteiger partial charge is 0.395 e. The Hall–Kier alpha value is -0.650. The van der Waals surface area contributed by atoms with Gasteiger partial charge in [0.1, 0.15) is 5.54 Å². The Labute approximate surface area is 121 Å². The molecule has 0 bridgehead atoms. The number of hydrogen-bond donors (Lipinski definition) is 2. The molecule has 2 rings (SSSR count). The van der Waals surface area contributed by atoms with Crippen molar-refractivity contribution in [2.45, 2.75) is 64.1 Å². The highest BCUT2D eigenvalue weighted by Crippen LogP contribution is 2.51. The van der Waals surface area contributed by atoms with Crippen molar-refractivity contribution in [2.24, 2.45) is 11.1 Å². The maximum absolute atomic E-state index is 12.9. The second kappa shape index (κ2) is 5.62. The van der Waals surface area contributed by atoms with Crippen LogP contribution in [0.4, 0.5) is 0 Å².